The minimum atomic E-state index is -1.25. The second-order valence-corrected chi connectivity index (χ2v) is 12.2. The molecule has 1 N–H and O–H groups in total. The topological polar surface area (TPSA) is 93.6 Å². The predicted octanol–water partition coefficient (Wildman–Crippen LogP) is 3.77. The number of amides is 3. The first-order valence-electron chi connectivity index (χ1n) is 16.2. The van der Waals surface area contributed by atoms with Crippen LogP contribution in [0.15, 0.2) is 48.6 Å². The third kappa shape index (κ3) is 5.18. The number of carbonyl (C=O) groups excluding carboxylic acids is 3. The van der Waals surface area contributed by atoms with Crippen molar-refractivity contribution in [2.45, 2.75) is 77.0 Å². The van der Waals surface area contributed by atoms with Crippen LogP contribution in [0.5, 0.6) is 0 Å². The molecule has 5 rings (SSSR count). The zero-order valence-corrected chi connectivity index (χ0v) is 26.2. The standard InChI is InChI=1S/C34H48N4O5/c1-5-20-36-21-12-18-33(6-2)27(30(36)40)28-31(41)38(22-10-9-11-24-39)29-32(42)37(23-13-19-34(28,29)43-33)26-16-14-25(15-17-26)35(7-3)8-4/h12-19,27-29,39H,5-11,20-24H2,1-4H3/t27-,28-,29?,33+,34-/m0/s1. The van der Waals surface area contributed by atoms with Crippen LogP contribution in [0.25, 0.3) is 0 Å². The second kappa shape index (κ2) is 12.8. The number of nitrogens with zero attached hydrogens (tertiary/aromatic N) is 4. The Morgan fingerprint density at radius 3 is 2.23 bits per heavy atom. The van der Waals surface area contributed by atoms with E-state index in [-0.39, 0.29) is 24.3 Å². The molecule has 0 aliphatic carbocycles. The van der Waals surface area contributed by atoms with Gasteiger partial charge in [-0.15, -0.1) is 0 Å². The van der Waals surface area contributed by atoms with Gasteiger partial charge in [0.25, 0.3) is 5.91 Å². The van der Waals surface area contributed by atoms with Crippen molar-refractivity contribution in [3.05, 3.63) is 48.6 Å². The van der Waals surface area contributed by atoms with Crippen LogP contribution < -0.4 is 9.80 Å². The van der Waals surface area contributed by atoms with Gasteiger partial charge in [-0.2, -0.15) is 0 Å². The molecular formula is C34H48N4O5. The first-order valence-corrected chi connectivity index (χ1v) is 16.2. The summed E-state index contributed by atoms with van der Waals surface area (Å²) in [5.74, 6) is -1.96. The van der Waals surface area contributed by atoms with Gasteiger partial charge in [0.05, 0.1) is 17.4 Å². The van der Waals surface area contributed by atoms with Crippen LogP contribution in [-0.4, -0.2) is 95.7 Å². The Kier molecular flexibility index (Phi) is 9.32. The summed E-state index contributed by atoms with van der Waals surface area (Å²) in [6.07, 6.45) is 11.2. The minimum Gasteiger partial charge on any atom is -0.396 e. The fourth-order valence-electron chi connectivity index (χ4n) is 7.76. The van der Waals surface area contributed by atoms with E-state index in [1.54, 1.807) is 9.80 Å². The quantitative estimate of drug-likeness (QED) is 0.294. The largest absolute Gasteiger partial charge is 0.396 e. The highest BCUT2D eigenvalue weighted by Gasteiger charge is 2.75. The number of hydrogen-bond acceptors (Lipinski definition) is 6. The van der Waals surface area contributed by atoms with Gasteiger partial charge in [0.15, 0.2) is 0 Å². The summed E-state index contributed by atoms with van der Waals surface area (Å²) in [5.41, 5.74) is -0.361. The first kappa shape index (κ1) is 31.3. The fourth-order valence-corrected chi connectivity index (χ4v) is 7.76. The zero-order valence-electron chi connectivity index (χ0n) is 26.2. The van der Waals surface area contributed by atoms with Gasteiger partial charge < -0.3 is 29.4 Å². The number of unbranched alkanes of at least 4 members (excludes halogenated alkanes) is 2. The number of rotatable bonds is 12. The van der Waals surface area contributed by atoms with Crippen LogP contribution in [0.4, 0.5) is 11.4 Å². The Balaban J connectivity index is 1.57. The van der Waals surface area contributed by atoms with E-state index in [1.807, 2.05) is 67.3 Å². The summed E-state index contributed by atoms with van der Waals surface area (Å²) >= 11 is 0. The molecule has 1 spiro atoms. The lowest BCUT2D eigenvalue weighted by atomic mass is 9.73. The smallest absolute Gasteiger partial charge is 0.253 e. The van der Waals surface area contributed by atoms with Gasteiger partial charge in [-0.05, 0) is 70.2 Å². The van der Waals surface area contributed by atoms with E-state index in [4.69, 9.17) is 4.74 Å². The number of carbonyl (C=O) groups is 3. The summed E-state index contributed by atoms with van der Waals surface area (Å²) in [4.78, 5) is 51.0. The molecule has 0 saturated carbocycles. The van der Waals surface area contributed by atoms with Gasteiger partial charge in [-0.25, -0.2) is 0 Å². The number of ether oxygens (including phenoxy) is 1. The number of aliphatic hydroxyl groups is 1. The van der Waals surface area contributed by atoms with E-state index < -0.39 is 29.1 Å². The average molecular weight is 593 g/mol. The lowest BCUT2D eigenvalue weighted by molar-refractivity contribution is -0.150. The molecule has 3 amide bonds. The Labute approximate surface area is 256 Å². The van der Waals surface area contributed by atoms with Gasteiger partial charge >= 0.3 is 0 Å². The van der Waals surface area contributed by atoms with Crippen molar-refractivity contribution in [2.24, 2.45) is 11.8 Å². The summed E-state index contributed by atoms with van der Waals surface area (Å²) in [6.45, 7) is 12.0. The van der Waals surface area contributed by atoms with Crippen LogP contribution in [0.2, 0.25) is 0 Å². The van der Waals surface area contributed by atoms with Crippen molar-refractivity contribution in [1.82, 2.24) is 9.80 Å². The van der Waals surface area contributed by atoms with E-state index in [0.29, 0.717) is 45.4 Å². The van der Waals surface area contributed by atoms with Crippen molar-refractivity contribution in [1.29, 1.82) is 0 Å². The van der Waals surface area contributed by atoms with Crippen molar-refractivity contribution >= 4 is 29.1 Å². The normalized spacial score (nSPS) is 29.9. The average Bonchev–Trinajstić information content (AvgIpc) is 3.30. The molecule has 1 aromatic carbocycles. The van der Waals surface area contributed by atoms with Crippen LogP contribution in [0, 0.1) is 11.8 Å². The van der Waals surface area contributed by atoms with E-state index in [0.717, 1.165) is 37.3 Å². The minimum absolute atomic E-state index is 0.0706. The molecule has 4 aliphatic heterocycles. The molecule has 234 valence electrons. The molecule has 0 aromatic heterocycles. The molecule has 1 aromatic rings. The van der Waals surface area contributed by atoms with Crippen molar-refractivity contribution < 1.29 is 24.2 Å². The fraction of sp³-hybridized carbons (Fsp3) is 0.618. The highest BCUT2D eigenvalue weighted by molar-refractivity contribution is 6.06. The van der Waals surface area contributed by atoms with Crippen molar-refractivity contribution in [3.63, 3.8) is 0 Å². The van der Waals surface area contributed by atoms with Crippen molar-refractivity contribution in [2.75, 3.05) is 55.7 Å². The molecule has 2 fully saturated rings. The summed E-state index contributed by atoms with van der Waals surface area (Å²) in [5, 5.41) is 9.34. The van der Waals surface area contributed by atoms with Gasteiger partial charge in [-0.3, -0.25) is 14.4 Å². The summed E-state index contributed by atoms with van der Waals surface area (Å²) in [7, 11) is 0. The maximum atomic E-state index is 14.7. The van der Waals surface area contributed by atoms with Gasteiger partial charge in [0, 0.05) is 57.3 Å². The molecule has 5 atom stereocenters. The van der Waals surface area contributed by atoms with E-state index in [1.165, 1.54) is 0 Å². The molecule has 4 aliphatic rings. The molecule has 0 radical (unpaired) electrons. The zero-order chi connectivity index (χ0) is 30.8. The Bertz CT molecular complexity index is 1240. The monoisotopic (exact) mass is 592 g/mol. The molecule has 9 heteroatoms. The molecule has 0 bridgehead atoms. The maximum Gasteiger partial charge on any atom is 0.253 e. The number of hydrogen-bond donors (Lipinski definition) is 1. The third-order valence-corrected chi connectivity index (χ3v) is 9.86. The molecule has 4 heterocycles. The number of fused-ring (bicyclic) bond motifs is 2. The summed E-state index contributed by atoms with van der Waals surface area (Å²) in [6, 6.07) is 7.13. The number of likely N-dealkylation sites (tertiary alicyclic amines) is 1. The molecule has 2 saturated heterocycles. The van der Waals surface area contributed by atoms with E-state index in [2.05, 4.69) is 18.7 Å². The van der Waals surface area contributed by atoms with Gasteiger partial charge in [0.2, 0.25) is 11.8 Å². The third-order valence-electron chi connectivity index (χ3n) is 9.86. The number of aliphatic hydroxyl groups excluding tert-OH is 1. The van der Waals surface area contributed by atoms with Crippen LogP contribution in [0.3, 0.4) is 0 Å². The maximum absolute atomic E-state index is 14.7. The molecular weight excluding hydrogens is 544 g/mol. The van der Waals surface area contributed by atoms with Crippen LogP contribution >= 0.6 is 0 Å². The number of anilines is 2. The van der Waals surface area contributed by atoms with Crippen molar-refractivity contribution in [3.8, 4) is 0 Å². The Hall–Kier alpha value is -3.17. The van der Waals surface area contributed by atoms with Crippen LogP contribution in [0.1, 0.15) is 59.8 Å². The number of benzene rings is 1. The lowest BCUT2D eigenvalue weighted by Crippen LogP contribution is -2.56. The van der Waals surface area contributed by atoms with Crippen LogP contribution in [-0.2, 0) is 19.1 Å². The predicted molar refractivity (Wildman–Crippen MR) is 168 cm³/mol. The Morgan fingerprint density at radius 2 is 1.58 bits per heavy atom. The lowest BCUT2D eigenvalue weighted by Gasteiger charge is -2.38. The van der Waals surface area contributed by atoms with E-state index >= 15 is 0 Å². The molecule has 43 heavy (non-hydrogen) atoms. The highest BCUT2D eigenvalue weighted by Crippen LogP contribution is 2.58. The second-order valence-electron chi connectivity index (χ2n) is 12.2. The highest BCUT2D eigenvalue weighted by atomic mass is 16.5. The Morgan fingerprint density at radius 1 is 0.860 bits per heavy atom. The van der Waals surface area contributed by atoms with Gasteiger partial charge in [0.1, 0.15) is 11.6 Å². The first-order chi connectivity index (χ1) is 20.8. The molecule has 9 nitrogen and oxygen atoms in total. The van der Waals surface area contributed by atoms with E-state index in [9.17, 15) is 19.5 Å². The molecule has 1 unspecified atom stereocenters. The summed E-state index contributed by atoms with van der Waals surface area (Å²) < 4.78 is 7.06. The van der Waals surface area contributed by atoms with Gasteiger partial charge in [-0.1, -0.05) is 38.2 Å². The SMILES string of the molecule is CCCN1CC=C[C@@]2(CC)O[C@]34C=CCN(c5ccc(N(CC)CC)cc5)C(=O)C3N(CCCCCO)C(=O)[C@@H]4[C@H]2C1=O.